The fourth-order valence-corrected chi connectivity index (χ4v) is 8.64. The van der Waals surface area contributed by atoms with Crippen LogP contribution in [0.2, 0.25) is 0 Å². The Morgan fingerprint density at radius 2 is 1.90 bits per heavy atom. The van der Waals surface area contributed by atoms with Gasteiger partial charge in [-0.1, -0.05) is 31.9 Å². The first-order chi connectivity index (χ1) is 14.1. The maximum absolute atomic E-state index is 14.2. The molecule has 0 aromatic heterocycles. The Morgan fingerprint density at radius 1 is 1.13 bits per heavy atom. The highest BCUT2D eigenvalue weighted by Gasteiger charge is 2.59. The highest BCUT2D eigenvalue weighted by atomic mass is 19.1. The van der Waals surface area contributed by atoms with E-state index in [1.165, 1.54) is 37.7 Å². The molecule has 0 radical (unpaired) electrons. The zero-order valence-corrected chi connectivity index (χ0v) is 19.8. The summed E-state index contributed by atoms with van der Waals surface area (Å²) in [5.41, 5.74) is 1.46. The van der Waals surface area contributed by atoms with Crippen LogP contribution in [0, 0.1) is 40.4 Å². The first-order valence-corrected chi connectivity index (χ1v) is 12.7. The summed E-state index contributed by atoms with van der Waals surface area (Å²) in [6.07, 6.45) is 14.1. The lowest BCUT2D eigenvalue weighted by Gasteiger charge is -2.58. The predicted molar refractivity (Wildman–Crippen MR) is 121 cm³/mol. The first-order valence-electron chi connectivity index (χ1n) is 12.7. The summed E-state index contributed by atoms with van der Waals surface area (Å²) >= 11 is 0. The van der Waals surface area contributed by atoms with E-state index in [1.807, 2.05) is 13.8 Å². The second kappa shape index (κ2) is 8.18. The number of aliphatic hydroxyl groups excluding tert-OH is 1. The number of allylic oxidation sites excluding steroid dienone is 1. The van der Waals surface area contributed by atoms with Crippen molar-refractivity contribution in [2.45, 2.75) is 110 Å². The second-order valence-corrected chi connectivity index (χ2v) is 12.5. The third-order valence-electron chi connectivity index (χ3n) is 10.3. The van der Waals surface area contributed by atoms with Gasteiger partial charge in [0.2, 0.25) is 0 Å². The van der Waals surface area contributed by atoms with Crippen molar-refractivity contribution in [1.82, 2.24) is 0 Å². The molecule has 0 aromatic rings. The predicted octanol–water partition coefficient (Wildman–Crippen LogP) is 6.45. The molecular weight excluding hydrogens is 375 g/mol. The van der Waals surface area contributed by atoms with E-state index in [2.05, 4.69) is 19.9 Å². The molecule has 0 saturated heterocycles. The van der Waals surface area contributed by atoms with Crippen LogP contribution >= 0.6 is 0 Å². The van der Waals surface area contributed by atoms with Gasteiger partial charge in [0.1, 0.15) is 0 Å². The van der Waals surface area contributed by atoms with E-state index >= 15 is 0 Å². The first kappa shape index (κ1) is 22.8. The third kappa shape index (κ3) is 3.91. The molecule has 0 spiro atoms. The van der Waals surface area contributed by atoms with Crippen molar-refractivity contribution in [3.63, 3.8) is 0 Å². The third-order valence-corrected chi connectivity index (χ3v) is 10.3. The SMILES string of the molecule is CC(C)(O)CCC[C@@H](CF)[C@H]1CC[C@H]2[C@@H]3CC=C4C[C@@H](O)CC[C@]4(C)[C@H]3CC[C@]12C. The minimum atomic E-state index is -0.643. The Morgan fingerprint density at radius 3 is 2.60 bits per heavy atom. The highest BCUT2D eigenvalue weighted by molar-refractivity contribution is 5.25. The molecule has 2 nitrogen and oxygen atoms in total. The fraction of sp³-hybridized carbons (Fsp3) is 0.926. The monoisotopic (exact) mass is 420 g/mol. The van der Waals surface area contributed by atoms with Crippen LogP contribution in [0.3, 0.4) is 0 Å². The van der Waals surface area contributed by atoms with Crippen molar-refractivity contribution in [3.8, 4) is 0 Å². The van der Waals surface area contributed by atoms with Gasteiger partial charge < -0.3 is 10.2 Å². The van der Waals surface area contributed by atoms with E-state index in [9.17, 15) is 14.6 Å². The van der Waals surface area contributed by atoms with Gasteiger partial charge in [0.05, 0.1) is 18.4 Å². The van der Waals surface area contributed by atoms with Gasteiger partial charge in [0.15, 0.2) is 0 Å². The van der Waals surface area contributed by atoms with Crippen LogP contribution in [0.5, 0.6) is 0 Å². The number of halogens is 1. The molecule has 30 heavy (non-hydrogen) atoms. The van der Waals surface area contributed by atoms with Gasteiger partial charge in [-0.2, -0.15) is 0 Å². The van der Waals surface area contributed by atoms with Crippen LogP contribution in [0.4, 0.5) is 4.39 Å². The van der Waals surface area contributed by atoms with E-state index in [0.717, 1.165) is 56.3 Å². The normalized spacial score (nSPS) is 44.6. The van der Waals surface area contributed by atoms with Crippen molar-refractivity contribution in [2.24, 2.45) is 40.4 Å². The van der Waals surface area contributed by atoms with Crippen LogP contribution in [0.25, 0.3) is 0 Å². The zero-order chi connectivity index (χ0) is 21.7. The van der Waals surface area contributed by atoms with Crippen LogP contribution in [-0.4, -0.2) is 28.6 Å². The molecule has 8 atom stereocenters. The van der Waals surface area contributed by atoms with Gasteiger partial charge in [-0.15, -0.1) is 0 Å². The topological polar surface area (TPSA) is 40.5 Å². The van der Waals surface area contributed by atoms with Gasteiger partial charge >= 0.3 is 0 Å². The molecule has 0 amide bonds. The van der Waals surface area contributed by atoms with Crippen LogP contribution in [-0.2, 0) is 0 Å². The largest absolute Gasteiger partial charge is 0.393 e. The molecule has 3 heteroatoms. The molecule has 0 aromatic carbocycles. The zero-order valence-electron chi connectivity index (χ0n) is 19.8. The summed E-state index contributed by atoms with van der Waals surface area (Å²) in [5.74, 6) is 2.89. The number of alkyl halides is 1. The van der Waals surface area contributed by atoms with Gasteiger partial charge in [0, 0.05) is 0 Å². The Hall–Kier alpha value is -0.410. The molecule has 2 N–H and O–H groups in total. The summed E-state index contributed by atoms with van der Waals surface area (Å²) in [6.45, 7) is 8.50. The quantitative estimate of drug-likeness (QED) is 0.485. The summed E-state index contributed by atoms with van der Waals surface area (Å²) in [5, 5.41) is 20.3. The molecule has 172 valence electrons. The molecule has 0 heterocycles. The Labute approximate surface area is 183 Å². The van der Waals surface area contributed by atoms with Crippen LogP contribution in [0.1, 0.15) is 98.3 Å². The lowest BCUT2D eigenvalue weighted by atomic mass is 9.47. The molecule has 4 rings (SSSR count). The maximum atomic E-state index is 14.2. The lowest BCUT2D eigenvalue weighted by Crippen LogP contribution is -2.51. The average molecular weight is 421 g/mol. The standard InChI is InChI=1S/C27H45FO2/c1-25(2,30)13-5-6-18(17-28)22-9-10-23-21-8-7-19-16-20(29)11-14-26(19,3)24(21)12-15-27(22,23)4/h7,18,20-24,29-30H,5-6,8-17H2,1-4H3/t18-,20-,21-,22+,23-,24-,26-,27+/m0/s1. The number of aliphatic hydroxyl groups is 2. The van der Waals surface area contributed by atoms with Gasteiger partial charge in [-0.05, 0) is 118 Å². The van der Waals surface area contributed by atoms with E-state index in [4.69, 9.17) is 0 Å². The summed E-state index contributed by atoms with van der Waals surface area (Å²) in [4.78, 5) is 0. The van der Waals surface area contributed by atoms with Crippen molar-refractivity contribution in [2.75, 3.05) is 6.67 Å². The molecule has 3 saturated carbocycles. The van der Waals surface area contributed by atoms with E-state index in [0.29, 0.717) is 5.92 Å². The number of hydrogen-bond donors (Lipinski definition) is 2. The highest BCUT2D eigenvalue weighted by Crippen LogP contribution is 2.67. The molecule has 4 aliphatic carbocycles. The van der Waals surface area contributed by atoms with Gasteiger partial charge in [-0.3, -0.25) is 4.39 Å². The van der Waals surface area contributed by atoms with E-state index < -0.39 is 5.60 Å². The van der Waals surface area contributed by atoms with Crippen molar-refractivity contribution in [3.05, 3.63) is 11.6 Å². The van der Waals surface area contributed by atoms with Crippen molar-refractivity contribution in [1.29, 1.82) is 0 Å². The van der Waals surface area contributed by atoms with Crippen LogP contribution in [0.15, 0.2) is 11.6 Å². The number of fused-ring (bicyclic) bond motifs is 5. The summed E-state index contributed by atoms with van der Waals surface area (Å²) in [6, 6.07) is 0. The number of rotatable bonds is 6. The van der Waals surface area contributed by atoms with Crippen molar-refractivity contribution >= 4 is 0 Å². The van der Waals surface area contributed by atoms with Crippen molar-refractivity contribution < 1.29 is 14.6 Å². The molecule has 0 bridgehead atoms. The molecule has 3 fully saturated rings. The van der Waals surface area contributed by atoms with Crippen LogP contribution < -0.4 is 0 Å². The minimum absolute atomic E-state index is 0.139. The molecular formula is C27H45FO2. The van der Waals surface area contributed by atoms with Gasteiger partial charge in [0.25, 0.3) is 0 Å². The maximum Gasteiger partial charge on any atom is 0.0925 e. The van der Waals surface area contributed by atoms with Gasteiger partial charge in [-0.25, -0.2) is 0 Å². The van der Waals surface area contributed by atoms with E-state index in [1.54, 1.807) is 0 Å². The summed E-state index contributed by atoms with van der Waals surface area (Å²) in [7, 11) is 0. The second-order valence-electron chi connectivity index (χ2n) is 12.5. The minimum Gasteiger partial charge on any atom is -0.393 e. The average Bonchev–Trinajstić information content (AvgIpc) is 3.02. The Bertz CT molecular complexity index is 652. The fourth-order valence-electron chi connectivity index (χ4n) is 8.64. The molecule has 0 unspecified atom stereocenters. The smallest absolute Gasteiger partial charge is 0.0925 e. The molecule has 4 aliphatic rings. The summed E-state index contributed by atoms with van der Waals surface area (Å²) < 4.78 is 14.2. The molecule has 0 aliphatic heterocycles. The lowest BCUT2D eigenvalue weighted by molar-refractivity contribution is -0.0603. The Balaban J connectivity index is 1.49. The Kier molecular flexibility index (Phi) is 6.21. The van der Waals surface area contributed by atoms with E-state index in [-0.39, 0.29) is 29.5 Å². The number of hydrogen-bond acceptors (Lipinski definition) is 2.